The van der Waals surface area contributed by atoms with E-state index < -0.39 is 0 Å². The largest absolute Gasteiger partial charge is 0.344 e. The van der Waals surface area contributed by atoms with Crippen molar-refractivity contribution in [3.63, 3.8) is 0 Å². The zero-order valence-electron chi connectivity index (χ0n) is 12.1. The highest BCUT2D eigenvalue weighted by Crippen LogP contribution is 2.24. The third kappa shape index (κ3) is 3.07. The number of aromatic amines is 1. The first-order chi connectivity index (χ1) is 11.2. The van der Waals surface area contributed by atoms with Crippen LogP contribution in [-0.2, 0) is 6.42 Å². The van der Waals surface area contributed by atoms with Crippen LogP contribution in [0, 0.1) is 0 Å². The third-order valence-electron chi connectivity index (χ3n) is 3.73. The van der Waals surface area contributed by atoms with Gasteiger partial charge in [0, 0.05) is 21.5 Å². The van der Waals surface area contributed by atoms with Crippen molar-refractivity contribution in [2.45, 2.75) is 6.42 Å². The number of imidazole rings is 1. The van der Waals surface area contributed by atoms with Crippen LogP contribution >= 0.6 is 38.9 Å². The Morgan fingerprint density at radius 1 is 1.04 bits per heavy atom. The van der Waals surface area contributed by atoms with Gasteiger partial charge in [-0.2, -0.15) is 4.40 Å². The summed E-state index contributed by atoms with van der Waals surface area (Å²) in [6.45, 7) is 0. The zero-order chi connectivity index (χ0) is 15.8. The molecule has 0 aliphatic rings. The van der Waals surface area contributed by atoms with Crippen molar-refractivity contribution >= 4 is 43.8 Å². The molecule has 0 unspecified atom stereocenters. The zero-order valence-corrected chi connectivity index (χ0v) is 15.3. The Labute approximate surface area is 151 Å². The van der Waals surface area contributed by atoms with Gasteiger partial charge < -0.3 is 0 Å². The van der Waals surface area contributed by atoms with Gasteiger partial charge in [-0.1, -0.05) is 57.1 Å². The predicted octanol–water partition coefficient (Wildman–Crippen LogP) is 5.49. The van der Waals surface area contributed by atoms with Crippen LogP contribution in [0.15, 0.2) is 65.4 Å². The fraction of sp³-hybridized carbons (Fsp3) is 0.0556. The van der Waals surface area contributed by atoms with Gasteiger partial charge in [0.1, 0.15) is 12.4 Å². The van der Waals surface area contributed by atoms with Gasteiger partial charge in [0.2, 0.25) is 0 Å². The molecule has 1 N–H and O–H groups in total. The fourth-order valence-corrected chi connectivity index (χ4v) is 4.06. The summed E-state index contributed by atoms with van der Waals surface area (Å²) in [5, 5.41) is 0.824. The van der Waals surface area contributed by atoms with Gasteiger partial charge >= 0.3 is 4.96 Å². The molecule has 0 aliphatic carbocycles. The van der Waals surface area contributed by atoms with Crippen LogP contribution in [0.25, 0.3) is 16.2 Å². The second-order valence-corrected chi connectivity index (χ2v) is 7.79. The van der Waals surface area contributed by atoms with Crippen LogP contribution in [0.2, 0.25) is 5.02 Å². The van der Waals surface area contributed by atoms with Crippen LogP contribution < -0.4 is 4.40 Å². The minimum Gasteiger partial charge on any atom is -0.227 e. The lowest BCUT2D eigenvalue weighted by molar-refractivity contribution is -0.505. The average Bonchev–Trinajstić information content (AvgIpc) is 3.09. The number of thiazole rings is 1. The van der Waals surface area contributed by atoms with Gasteiger partial charge in [0.25, 0.3) is 0 Å². The third-order valence-corrected chi connectivity index (χ3v) is 5.65. The van der Waals surface area contributed by atoms with E-state index in [9.17, 15) is 0 Å². The number of halogens is 2. The Morgan fingerprint density at radius 2 is 1.83 bits per heavy atom. The molecule has 0 atom stereocenters. The summed E-state index contributed by atoms with van der Waals surface area (Å²) in [5.41, 5.74) is 3.46. The molecule has 0 bridgehead atoms. The van der Waals surface area contributed by atoms with Gasteiger partial charge in [-0.25, -0.2) is 4.98 Å². The summed E-state index contributed by atoms with van der Waals surface area (Å²) in [5.74, 6) is 0. The number of rotatable bonds is 3. The molecule has 2 heterocycles. The molecule has 0 aliphatic heterocycles. The van der Waals surface area contributed by atoms with E-state index >= 15 is 0 Å². The molecule has 114 valence electrons. The molecular formula is C18H13BrClN2S+. The second kappa shape index (κ2) is 6.11. The first kappa shape index (κ1) is 14.9. The minimum absolute atomic E-state index is 0.824. The molecule has 0 saturated carbocycles. The van der Waals surface area contributed by atoms with Gasteiger partial charge in [-0.3, -0.25) is 0 Å². The maximum absolute atomic E-state index is 6.25. The molecule has 0 saturated heterocycles. The Kier molecular flexibility index (Phi) is 3.97. The molecule has 2 aromatic heterocycles. The van der Waals surface area contributed by atoms with Gasteiger partial charge in [0.05, 0.1) is 4.88 Å². The van der Waals surface area contributed by atoms with Crippen molar-refractivity contribution in [2.75, 3.05) is 0 Å². The average molecular weight is 405 g/mol. The van der Waals surface area contributed by atoms with E-state index in [1.807, 2.05) is 18.2 Å². The Balaban J connectivity index is 1.64. The normalized spacial score (nSPS) is 11.2. The van der Waals surface area contributed by atoms with Crippen molar-refractivity contribution in [3.8, 4) is 11.3 Å². The topological polar surface area (TPSA) is 19.9 Å². The molecule has 0 radical (unpaired) electrons. The lowest BCUT2D eigenvalue weighted by atomic mass is 10.1. The Hall–Kier alpha value is -1.62. The Morgan fingerprint density at radius 3 is 2.57 bits per heavy atom. The minimum atomic E-state index is 0.824. The lowest BCUT2D eigenvalue weighted by Crippen LogP contribution is -2.12. The van der Waals surface area contributed by atoms with Crippen molar-refractivity contribution in [2.24, 2.45) is 0 Å². The van der Waals surface area contributed by atoms with Crippen molar-refractivity contribution in [1.29, 1.82) is 0 Å². The predicted molar refractivity (Wildman–Crippen MR) is 99.2 cm³/mol. The van der Waals surface area contributed by atoms with Crippen molar-refractivity contribution in [1.82, 2.24) is 4.98 Å². The van der Waals surface area contributed by atoms with Gasteiger partial charge in [-0.05, 0) is 35.9 Å². The highest BCUT2D eigenvalue weighted by molar-refractivity contribution is 9.10. The van der Waals surface area contributed by atoms with Gasteiger partial charge in [-0.15, -0.1) is 0 Å². The smallest absolute Gasteiger partial charge is 0.227 e. The second-order valence-electron chi connectivity index (χ2n) is 5.35. The maximum Gasteiger partial charge on any atom is 0.344 e. The van der Waals surface area contributed by atoms with E-state index in [0.717, 1.165) is 32.1 Å². The highest BCUT2D eigenvalue weighted by Gasteiger charge is 2.15. The van der Waals surface area contributed by atoms with E-state index in [-0.39, 0.29) is 0 Å². The van der Waals surface area contributed by atoms with E-state index in [0.29, 0.717) is 0 Å². The first-order valence-electron chi connectivity index (χ1n) is 7.21. The number of aromatic nitrogens is 2. The summed E-state index contributed by atoms with van der Waals surface area (Å²) < 4.78 is 3.23. The molecule has 4 rings (SSSR count). The molecular weight excluding hydrogens is 392 g/mol. The van der Waals surface area contributed by atoms with Crippen LogP contribution in [0.5, 0.6) is 0 Å². The number of fused-ring (bicyclic) bond motifs is 1. The number of nitrogens with one attached hydrogen (secondary N) is 1. The molecule has 0 amide bonds. The lowest BCUT2D eigenvalue weighted by Gasteiger charge is -1.99. The summed E-state index contributed by atoms with van der Waals surface area (Å²) in [4.78, 5) is 5.90. The van der Waals surface area contributed by atoms with E-state index in [1.54, 1.807) is 11.3 Å². The quantitative estimate of drug-likeness (QED) is 0.436. The van der Waals surface area contributed by atoms with Crippen molar-refractivity contribution in [3.05, 3.63) is 80.9 Å². The van der Waals surface area contributed by atoms with E-state index in [2.05, 4.69) is 68.0 Å². The number of H-pyrrole nitrogens is 1. The number of benzene rings is 2. The summed E-state index contributed by atoms with van der Waals surface area (Å²) in [7, 11) is 0. The van der Waals surface area contributed by atoms with Crippen LogP contribution in [0.4, 0.5) is 0 Å². The number of nitrogens with zero attached hydrogens (tertiary/aromatic N) is 1. The summed E-state index contributed by atoms with van der Waals surface area (Å²) in [6, 6.07) is 16.3. The number of hydrogen-bond donors (Lipinski definition) is 1. The van der Waals surface area contributed by atoms with Crippen molar-refractivity contribution < 1.29 is 4.40 Å². The molecule has 2 aromatic carbocycles. The Bertz CT molecular complexity index is 941. The van der Waals surface area contributed by atoms with E-state index in [1.165, 1.54) is 10.4 Å². The molecule has 5 heteroatoms. The monoisotopic (exact) mass is 403 g/mol. The van der Waals surface area contributed by atoms with Gasteiger partial charge in [0.15, 0.2) is 5.69 Å². The number of hydrogen-bond acceptors (Lipinski definition) is 1. The van der Waals surface area contributed by atoms with Crippen LogP contribution in [0.1, 0.15) is 10.4 Å². The first-order valence-corrected chi connectivity index (χ1v) is 9.20. The van der Waals surface area contributed by atoms with Crippen LogP contribution in [-0.4, -0.2) is 4.98 Å². The maximum atomic E-state index is 6.25. The molecule has 0 spiro atoms. The standard InChI is InChI=1S/C18H12BrClN2S/c19-14-7-5-12(6-8-14)17-11-22-10-15(23-18(22)21-17)9-13-3-1-2-4-16(13)20/h1-8,10-11H,9H2/p+1. The summed E-state index contributed by atoms with van der Waals surface area (Å²) >= 11 is 11.5. The highest BCUT2D eigenvalue weighted by atomic mass is 79.9. The fourth-order valence-electron chi connectivity index (χ4n) is 2.58. The van der Waals surface area contributed by atoms with E-state index in [4.69, 9.17) is 11.6 Å². The molecule has 2 nitrogen and oxygen atoms in total. The summed E-state index contributed by atoms with van der Waals surface area (Å²) in [6.07, 6.45) is 5.15. The SMILES string of the molecule is Clc1ccccc1Cc1c[n+]2cc(-c3ccc(Br)cc3)[nH]c2s1. The molecule has 4 aromatic rings. The molecule has 0 fully saturated rings. The van der Waals surface area contributed by atoms with Crippen LogP contribution in [0.3, 0.4) is 0 Å². The molecule has 23 heavy (non-hydrogen) atoms.